The summed E-state index contributed by atoms with van der Waals surface area (Å²) in [5.41, 5.74) is 1.19. The van der Waals surface area contributed by atoms with Gasteiger partial charge in [-0.05, 0) is 0 Å². The molecule has 0 aromatic rings. The predicted octanol–water partition coefficient (Wildman–Crippen LogP) is 10.4. The first kappa shape index (κ1) is 29.7. The van der Waals surface area contributed by atoms with Crippen LogP contribution in [0.2, 0.25) is 8.87 Å². The number of nitrogens with zero attached hydrogens (tertiary/aromatic N) is 2. The molecule has 1 atom stereocenters. The molecule has 1 unspecified atom stereocenters. The van der Waals surface area contributed by atoms with E-state index in [0.29, 0.717) is 6.04 Å². The molecule has 31 heavy (non-hydrogen) atoms. The van der Waals surface area contributed by atoms with Crippen molar-refractivity contribution in [3.05, 3.63) is 34.6 Å². The molecule has 0 aromatic carbocycles. The Labute approximate surface area is 205 Å². The first-order chi connectivity index (χ1) is 15.1. The SMILES string of the molecule is C1=CC[N-]C(C2CCCC[N-]2)=C1.CCCCCCC[CH2][Sn]([Cl])([Cl])[CH2]CCCCCCC. The summed E-state index contributed by atoms with van der Waals surface area (Å²) in [5, 5.41) is 8.99. The molecule has 5 heteroatoms. The third-order valence-corrected chi connectivity index (χ3v) is 17.4. The van der Waals surface area contributed by atoms with Crippen LogP contribution < -0.4 is 0 Å². The summed E-state index contributed by atoms with van der Waals surface area (Å²) in [7, 11) is 13.2. The Kier molecular flexibility index (Phi) is 19.2. The topological polar surface area (TPSA) is 28.2 Å². The van der Waals surface area contributed by atoms with E-state index in [1.165, 1.54) is 111 Å². The molecule has 0 saturated carbocycles. The first-order valence-corrected chi connectivity index (χ1v) is 24.4. The summed E-state index contributed by atoms with van der Waals surface area (Å²) in [6.45, 7) is 6.40. The van der Waals surface area contributed by atoms with Crippen molar-refractivity contribution in [2.24, 2.45) is 0 Å². The average molecular weight is 578 g/mol. The van der Waals surface area contributed by atoms with Crippen molar-refractivity contribution in [2.75, 3.05) is 13.1 Å². The Hall–Kier alpha value is 0.619. The average Bonchev–Trinajstić information content (AvgIpc) is 2.80. The number of unbranched alkanes of at least 4 members (excludes halogenated alkanes) is 10. The van der Waals surface area contributed by atoms with Crippen LogP contribution in [-0.2, 0) is 0 Å². The van der Waals surface area contributed by atoms with Crippen LogP contribution in [0.15, 0.2) is 23.9 Å². The van der Waals surface area contributed by atoms with E-state index < -0.39 is 16.1 Å². The van der Waals surface area contributed by atoms with Crippen molar-refractivity contribution in [3.63, 3.8) is 0 Å². The fraction of sp³-hybridized carbons (Fsp3) is 0.846. The number of hydrogen-bond acceptors (Lipinski definition) is 0. The van der Waals surface area contributed by atoms with Crippen LogP contribution in [0.5, 0.6) is 0 Å². The zero-order chi connectivity index (χ0) is 22.6. The standard InChI is InChI=1S/C10H14N2.2C8H17.2ClH.Sn/c1-3-7-11-9(5-1)10-6-2-4-8-12-10;2*1-3-5-7-8-6-4-2;;;/h1,3,5,10H,2,4,6-8H2;2*1,3-8H2,2H3;2*1H;/q-2;;;;;+2/p-2. The van der Waals surface area contributed by atoms with E-state index >= 15 is 0 Å². The van der Waals surface area contributed by atoms with Gasteiger partial charge in [0.1, 0.15) is 0 Å². The Morgan fingerprint density at radius 3 is 1.90 bits per heavy atom. The number of halogens is 2. The van der Waals surface area contributed by atoms with E-state index in [9.17, 15) is 0 Å². The van der Waals surface area contributed by atoms with Gasteiger partial charge in [0.2, 0.25) is 0 Å². The second kappa shape index (κ2) is 20.0. The third kappa shape index (κ3) is 16.8. The summed E-state index contributed by atoms with van der Waals surface area (Å²) >= 11 is -2.63. The van der Waals surface area contributed by atoms with E-state index in [0.717, 1.165) is 13.1 Å². The molecule has 0 aromatic heterocycles. The van der Waals surface area contributed by atoms with E-state index in [1.807, 2.05) is 0 Å². The Balaban J connectivity index is 0.000000339. The maximum atomic E-state index is 6.59. The molecule has 1 saturated heterocycles. The molecule has 182 valence electrons. The van der Waals surface area contributed by atoms with E-state index in [2.05, 4.69) is 42.7 Å². The van der Waals surface area contributed by atoms with Gasteiger partial charge in [0.25, 0.3) is 0 Å². The minimum absolute atomic E-state index is 0.406. The van der Waals surface area contributed by atoms with Crippen LogP contribution in [0.4, 0.5) is 0 Å². The van der Waals surface area contributed by atoms with Crippen LogP contribution in [0.3, 0.4) is 0 Å². The second-order valence-corrected chi connectivity index (χ2v) is 27.9. The fourth-order valence-corrected chi connectivity index (χ4v) is 12.8. The summed E-state index contributed by atoms with van der Waals surface area (Å²) in [4.78, 5) is 0. The van der Waals surface area contributed by atoms with Gasteiger partial charge in [-0.25, -0.2) is 0 Å². The van der Waals surface area contributed by atoms with Crippen LogP contribution in [0, 0.1) is 0 Å². The van der Waals surface area contributed by atoms with Gasteiger partial charge in [-0.15, -0.1) is 25.2 Å². The molecule has 0 aliphatic carbocycles. The minimum atomic E-state index is -2.63. The normalized spacial score (nSPS) is 18.7. The summed E-state index contributed by atoms with van der Waals surface area (Å²) in [5.74, 6) is 0. The maximum absolute atomic E-state index is 6.59. The first-order valence-electron chi connectivity index (χ1n) is 13.2. The van der Waals surface area contributed by atoms with Crippen LogP contribution in [0.25, 0.3) is 10.6 Å². The molecule has 2 aliphatic heterocycles. The Bertz CT molecular complexity index is 456. The number of piperidine rings is 1. The second-order valence-electron chi connectivity index (χ2n) is 9.17. The van der Waals surface area contributed by atoms with Crippen molar-refractivity contribution in [2.45, 2.75) is 125 Å². The van der Waals surface area contributed by atoms with Gasteiger partial charge in [0, 0.05) is 0 Å². The molecule has 2 aliphatic rings. The Morgan fingerprint density at radius 2 is 1.42 bits per heavy atom. The van der Waals surface area contributed by atoms with Gasteiger partial charge in [0.15, 0.2) is 0 Å². The van der Waals surface area contributed by atoms with E-state index in [-0.39, 0.29) is 0 Å². The van der Waals surface area contributed by atoms with Crippen molar-refractivity contribution >= 4 is 34.0 Å². The van der Waals surface area contributed by atoms with Crippen molar-refractivity contribution in [1.29, 1.82) is 0 Å². The number of allylic oxidation sites excluding steroid dienone is 2. The molecule has 0 bridgehead atoms. The molecule has 1 fully saturated rings. The molecule has 0 N–H and O–H groups in total. The number of hydrogen-bond donors (Lipinski definition) is 0. The Morgan fingerprint density at radius 1 is 0.839 bits per heavy atom. The van der Waals surface area contributed by atoms with E-state index in [4.69, 9.17) is 17.8 Å². The molecule has 2 nitrogen and oxygen atoms in total. The fourth-order valence-electron chi connectivity index (χ4n) is 4.14. The summed E-state index contributed by atoms with van der Waals surface area (Å²) in [6.07, 6.45) is 26.2. The van der Waals surface area contributed by atoms with Crippen molar-refractivity contribution in [3.8, 4) is 0 Å². The summed E-state index contributed by atoms with van der Waals surface area (Å²) in [6, 6.07) is 0.406. The van der Waals surface area contributed by atoms with Crippen LogP contribution in [0.1, 0.15) is 110 Å². The van der Waals surface area contributed by atoms with E-state index in [1.54, 1.807) is 0 Å². The molecular formula is C26H48Cl2N2Sn-2. The van der Waals surface area contributed by atoms with Gasteiger partial charge in [-0.3, -0.25) is 0 Å². The zero-order valence-electron chi connectivity index (χ0n) is 20.4. The van der Waals surface area contributed by atoms with Gasteiger partial charge in [-0.2, -0.15) is 5.70 Å². The summed E-state index contributed by atoms with van der Waals surface area (Å²) < 4.78 is 2.36. The molecule has 0 spiro atoms. The molecular weight excluding hydrogens is 530 g/mol. The predicted molar refractivity (Wildman–Crippen MR) is 145 cm³/mol. The monoisotopic (exact) mass is 578 g/mol. The van der Waals surface area contributed by atoms with Gasteiger partial charge >= 0.3 is 134 Å². The number of rotatable bonds is 15. The van der Waals surface area contributed by atoms with Crippen LogP contribution in [-0.4, -0.2) is 35.3 Å². The van der Waals surface area contributed by atoms with Gasteiger partial charge in [-0.1, -0.05) is 31.4 Å². The molecule has 2 heterocycles. The molecule has 0 radical (unpaired) electrons. The zero-order valence-corrected chi connectivity index (χ0v) is 24.8. The van der Waals surface area contributed by atoms with Crippen LogP contribution >= 0.6 is 17.8 Å². The van der Waals surface area contributed by atoms with Gasteiger partial charge in [0.05, 0.1) is 0 Å². The third-order valence-electron chi connectivity index (χ3n) is 6.15. The molecule has 0 amide bonds. The molecule has 2 rings (SSSR count). The quantitative estimate of drug-likeness (QED) is 0.137. The van der Waals surface area contributed by atoms with Crippen molar-refractivity contribution < 1.29 is 0 Å². The van der Waals surface area contributed by atoms with Crippen molar-refractivity contribution in [1.82, 2.24) is 0 Å². The van der Waals surface area contributed by atoms with Gasteiger partial charge < -0.3 is 10.6 Å².